The summed E-state index contributed by atoms with van der Waals surface area (Å²) in [6, 6.07) is 12.6. The second-order valence-corrected chi connectivity index (χ2v) is 9.43. The number of methoxy groups -OCH3 is 1. The zero-order valence-electron chi connectivity index (χ0n) is 20.4. The number of carbonyl (C=O) groups is 2. The number of fused-ring (bicyclic) bond motifs is 1. The number of nitrogens with zero attached hydrogens (tertiary/aromatic N) is 1. The minimum Gasteiger partial charge on any atom is -0.497 e. The van der Waals surface area contributed by atoms with Crippen LogP contribution >= 0.6 is 0 Å². The molecule has 0 unspecified atom stereocenters. The number of aliphatic hydroxyl groups excluding tert-OH is 1. The molecule has 0 bridgehead atoms. The summed E-state index contributed by atoms with van der Waals surface area (Å²) >= 11 is 0. The number of rotatable bonds is 13. The maximum Gasteiger partial charge on any atom is 0.231 e. The van der Waals surface area contributed by atoms with Gasteiger partial charge < -0.3 is 24.2 Å². The molecule has 2 aliphatic rings. The minimum atomic E-state index is -0.759. The van der Waals surface area contributed by atoms with Crippen LogP contribution in [0.5, 0.6) is 17.2 Å². The lowest BCUT2D eigenvalue weighted by atomic mass is 9.89. The number of hydrogen-bond acceptors (Lipinski definition) is 7. The maximum absolute atomic E-state index is 12.9. The molecular weight excluding hydrogens is 446 g/mol. The molecule has 1 saturated heterocycles. The standard InChI is InChI=1S/C28H35NO6/c1-33-24-11-8-20(9-12-24)25(31)7-3-2-6-23(30)16-22(18-29-14-4-5-15-29)28(32)21-10-13-26-27(17-21)35-19-34-26/h8-13,17,22,28,32H,2-7,14-16,18-19H2,1H3/t22-,28-/m1/s1. The molecule has 35 heavy (non-hydrogen) atoms. The van der Waals surface area contributed by atoms with Gasteiger partial charge in [-0.3, -0.25) is 9.59 Å². The number of likely N-dealkylation sites (tertiary alicyclic amines) is 1. The van der Waals surface area contributed by atoms with Crippen LogP contribution < -0.4 is 14.2 Å². The number of hydrogen-bond donors (Lipinski definition) is 1. The maximum atomic E-state index is 12.9. The molecular formula is C28H35NO6. The summed E-state index contributed by atoms with van der Waals surface area (Å²) in [5.41, 5.74) is 1.41. The van der Waals surface area contributed by atoms with Gasteiger partial charge in [-0.25, -0.2) is 0 Å². The van der Waals surface area contributed by atoms with Gasteiger partial charge in [0.25, 0.3) is 0 Å². The van der Waals surface area contributed by atoms with Crippen molar-refractivity contribution in [3.05, 3.63) is 53.6 Å². The Morgan fingerprint density at radius 3 is 2.46 bits per heavy atom. The summed E-state index contributed by atoms with van der Waals surface area (Å²) in [5, 5.41) is 11.2. The monoisotopic (exact) mass is 481 g/mol. The Labute approximate surface area is 207 Å². The van der Waals surface area contributed by atoms with Gasteiger partial charge in [0, 0.05) is 37.3 Å². The smallest absolute Gasteiger partial charge is 0.231 e. The summed E-state index contributed by atoms with van der Waals surface area (Å²) < 4.78 is 16.0. The zero-order chi connectivity index (χ0) is 24.6. The Hall–Kier alpha value is -2.90. The van der Waals surface area contributed by atoms with Crippen molar-refractivity contribution in [1.29, 1.82) is 0 Å². The van der Waals surface area contributed by atoms with Crippen LogP contribution in [0.2, 0.25) is 0 Å². The van der Waals surface area contributed by atoms with Crippen LogP contribution in [0.4, 0.5) is 0 Å². The van der Waals surface area contributed by atoms with Crippen LogP contribution in [-0.4, -0.2) is 55.1 Å². The van der Waals surface area contributed by atoms with Gasteiger partial charge in [0.15, 0.2) is 17.3 Å². The highest BCUT2D eigenvalue weighted by atomic mass is 16.7. The lowest BCUT2D eigenvalue weighted by molar-refractivity contribution is -0.121. The molecule has 0 radical (unpaired) electrons. The molecule has 0 aromatic heterocycles. The Bertz CT molecular complexity index is 999. The Morgan fingerprint density at radius 1 is 1.00 bits per heavy atom. The van der Waals surface area contributed by atoms with E-state index in [0.717, 1.165) is 37.2 Å². The molecule has 4 rings (SSSR count). The number of aliphatic hydroxyl groups is 1. The van der Waals surface area contributed by atoms with Gasteiger partial charge >= 0.3 is 0 Å². The topological polar surface area (TPSA) is 85.3 Å². The molecule has 7 nitrogen and oxygen atoms in total. The van der Waals surface area contributed by atoms with Crippen molar-refractivity contribution < 1.29 is 28.9 Å². The third-order valence-electron chi connectivity index (χ3n) is 6.89. The number of ketones is 2. The first-order chi connectivity index (χ1) is 17.0. The van der Waals surface area contributed by atoms with Crippen molar-refractivity contribution in [3.63, 3.8) is 0 Å². The minimum absolute atomic E-state index is 0.0743. The number of benzene rings is 2. The molecule has 1 N–H and O–H groups in total. The number of carbonyl (C=O) groups excluding carboxylic acids is 2. The van der Waals surface area contributed by atoms with Gasteiger partial charge in [-0.1, -0.05) is 6.07 Å². The second-order valence-electron chi connectivity index (χ2n) is 9.43. The van der Waals surface area contributed by atoms with Crippen molar-refractivity contribution in [2.75, 3.05) is 33.5 Å². The molecule has 2 aromatic rings. The quantitative estimate of drug-likeness (QED) is 0.331. The fraction of sp³-hybridized carbons (Fsp3) is 0.500. The molecule has 2 atom stereocenters. The Morgan fingerprint density at radius 2 is 1.71 bits per heavy atom. The zero-order valence-corrected chi connectivity index (χ0v) is 20.4. The van der Waals surface area contributed by atoms with Crippen LogP contribution in [0.1, 0.15) is 67.0 Å². The highest BCUT2D eigenvalue weighted by molar-refractivity contribution is 5.96. The van der Waals surface area contributed by atoms with E-state index in [1.165, 1.54) is 0 Å². The molecule has 0 aliphatic carbocycles. The van der Waals surface area contributed by atoms with Gasteiger partial charge in [0.1, 0.15) is 11.5 Å². The number of unbranched alkanes of at least 4 members (excludes halogenated alkanes) is 1. The Balaban J connectivity index is 1.28. The van der Waals surface area contributed by atoms with E-state index in [2.05, 4.69) is 4.90 Å². The predicted octanol–water partition coefficient (Wildman–Crippen LogP) is 4.57. The summed E-state index contributed by atoms with van der Waals surface area (Å²) in [6.07, 6.45) is 4.03. The summed E-state index contributed by atoms with van der Waals surface area (Å²) in [6.45, 7) is 2.89. The lowest BCUT2D eigenvalue weighted by Crippen LogP contribution is -2.31. The third kappa shape index (κ3) is 6.83. The number of ether oxygens (including phenoxy) is 3. The van der Waals surface area contributed by atoms with Crippen LogP contribution in [0.25, 0.3) is 0 Å². The molecule has 2 aromatic carbocycles. The van der Waals surface area contributed by atoms with Crippen molar-refractivity contribution in [2.24, 2.45) is 5.92 Å². The average molecular weight is 482 g/mol. The molecule has 188 valence electrons. The summed E-state index contributed by atoms with van der Waals surface area (Å²) in [7, 11) is 1.59. The summed E-state index contributed by atoms with van der Waals surface area (Å²) in [5.74, 6) is 2.04. The van der Waals surface area contributed by atoms with Gasteiger partial charge in [-0.05, 0) is 80.7 Å². The Kier molecular flexibility index (Phi) is 8.77. The van der Waals surface area contributed by atoms with Crippen molar-refractivity contribution in [3.8, 4) is 17.2 Å². The van der Waals surface area contributed by atoms with Crippen molar-refractivity contribution >= 4 is 11.6 Å². The van der Waals surface area contributed by atoms with E-state index >= 15 is 0 Å². The predicted molar refractivity (Wildman–Crippen MR) is 132 cm³/mol. The van der Waals surface area contributed by atoms with Gasteiger partial charge in [0.05, 0.1) is 13.2 Å². The van der Waals surface area contributed by atoms with Crippen LogP contribution in [0.15, 0.2) is 42.5 Å². The highest BCUT2D eigenvalue weighted by Gasteiger charge is 2.28. The second kappa shape index (κ2) is 12.2. The molecule has 0 amide bonds. The molecule has 0 spiro atoms. The van der Waals surface area contributed by atoms with Crippen molar-refractivity contribution in [2.45, 2.75) is 51.0 Å². The molecule has 2 heterocycles. The molecule has 2 aliphatic heterocycles. The van der Waals surface area contributed by atoms with Crippen molar-refractivity contribution in [1.82, 2.24) is 4.90 Å². The first-order valence-corrected chi connectivity index (χ1v) is 12.5. The third-order valence-corrected chi connectivity index (χ3v) is 6.89. The van der Waals surface area contributed by atoms with E-state index < -0.39 is 6.10 Å². The molecule has 7 heteroatoms. The number of Topliss-reactive ketones (excluding diaryl/α,β-unsaturated/α-hetero) is 2. The van der Waals surface area contributed by atoms with E-state index in [9.17, 15) is 14.7 Å². The van der Waals surface area contributed by atoms with E-state index in [-0.39, 0.29) is 24.3 Å². The summed E-state index contributed by atoms with van der Waals surface area (Å²) in [4.78, 5) is 27.6. The normalized spacial score (nSPS) is 16.7. The van der Waals surface area contributed by atoms with E-state index in [1.807, 2.05) is 18.2 Å². The van der Waals surface area contributed by atoms with Crippen LogP contribution in [-0.2, 0) is 4.79 Å². The SMILES string of the molecule is COc1ccc(C(=O)CCCCC(=O)C[C@H](CN2CCCC2)[C@H](O)c2ccc3c(c2)OCO3)cc1. The fourth-order valence-corrected chi connectivity index (χ4v) is 4.87. The largest absolute Gasteiger partial charge is 0.497 e. The first-order valence-electron chi connectivity index (χ1n) is 12.5. The lowest BCUT2D eigenvalue weighted by Gasteiger charge is -2.27. The van der Waals surface area contributed by atoms with Gasteiger partial charge in [0.2, 0.25) is 6.79 Å². The van der Waals surface area contributed by atoms with E-state index in [0.29, 0.717) is 55.7 Å². The fourth-order valence-electron chi connectivity index (χ4n) is 4.87. The van der Waals surface area contributed by atoms with Crippen LogP contribution in [0, 0.1) is 5.92 Å². The molecule has 1 fully saturated rings. The average Bonchev–Trinajstić information content (AvgIpc) is 3.57. The first kappa shape index (κ1) is 25.2. The van der Waals surface area contributed by atoms with Crippen LogP contribution in [0.3, 0.4) is 0 Å². The van der Waals surface area contributed by atoms with Gasteiger partial charge in [-0.15, -0.1) is 0 Å². The van der Waals surface area contributed by atoms with E-state index in [1.54, 1.807) is 31.4 Å². The van der Waals surface area contributed by atoms with Gasteiger partial charge in [-0.2, -0.15) is 0 Å². The molecule has 0 saturated carbocycles. The highest BCUT2D eigenvalue weighted by Crippen LogP contribution is 2.37. The van der Waals surface area contributed by atoms with E-state index in [4.69, 9.17) is 14.2 Å².